The fraction of sp³-hybridized carbons (Fsp3) is 0.509. The first kappa shape index (κ1) is 55.6. The summed E-state index contributed by atoms with van der Waals surface area (Å²) < 4.78 is 23.6. The van der Waals surface area contributed by atoms with Gasteiger partial charge in [-0.2, -0.15) is 0 Å². The van der Waals surface area contributed by atoms with Gasteiger partial charge in [0.15, 0.2) is 0 Å². The zero-order chi connectivity index (χ0) is 52.2. The van der Waals surface area contributed by atoms with E-state index < -0.39 is 55.7 Å². The van der Waals surface area contributed by atoms with E-state index in [1.165, 1.54) is 24.3 Å². The summed E-state index contributed by atoms with van der Waals surface area (Å²) in [5.74, 6) is -2.74. The van der Waals surface area contributed by atoms with Gasteiger partial charge in [-0.05, 0) is 140 Å². The average Bonchev–Trinajstić information content (AvgIpc) is 3.20. The molecule has 0 atom stereocenters. The summed E-state index contributed by atoms with van der Waals surface area (Å²) in [6.45, 7) is 28.8. The molecule has 0 aromatic heterocycles. The van der Waals surface area contributed by atoms with E-state index in [1.54, 1.807) is 0 Å². The number of benzene rings is 4. The Bertz CT molecular complexity index is 2200. The van der Waals surface area contributed by atoms with Crippen molar-refractivity contribution in [1.29, 1.82) is 0 Å². The third-order valence-electron chi connectivity index (χ3n) is 12.5. The molecule has 4 N–H and O–H groups in total. The lowest BCUT2D eigenvalue weighted by atomic mass is 9.84. The lowest BCUT2D eigenvalue weighted by Crippen LogP contribution is -2.44. The van der Waals surface area contributed by atoms with Crippen molar-refractivity contribution in [2.45, 2.75) is 158 Å². The maximum Gasteiger partial charge on any atom is 0.310 e. The molecule has 0 aliphatic heterocycles. The standard InChI is InChI=1S/C57H76O12/c1-33-17-41(53(5,6)7)45(58)21-37(33)25-49(62)66-29-57(30-67-50(63)26-38-22-46(59)42(18-34(38)2)54(8,9)10,31-68-51(64)27-39-23-47(60)43(19-35(39)3)55(11,12)13)32-69-52(65)28-40-24-48(61)44(20-36(40)4)56(14,15)16/h17-24,58-61H,25-32H2,1-16H3. The second kappa shape index (κ2) is 21.3. The summed E-state index contributed by atoms with van der Waals surface area (Å²) in [6.07, 6.45) is -0.971. The Kier molecular flexibility index (Phi) is 17.2. The van der Waals surface area contributed by atoms with E-state index in [4.69, 9.17) is 18.9 Å². The predicted molar refractivity (Wildman–Crippen MR) is 267 cm³/mol. The van der Waals surface area contributed by atoms with E-state index in [0.717, 1.165) is 22.3 Å². The average molecular weight is 953 g/mol. The smallest absolute Gasteiger partial charge is 0.310 e. The molecule has 4 rings (SSSR count). The van der Waals surface area contributed by atoms with Crippen LogP contribution in [0.15, 0.2) is 48.5 Å². The van der Waals surface area contributed by atoms with Gasteiger partial charge in [-0.3, -0.25) is 19.2 Å². The van der Waals surface area contributed by atoms with Crippen molar-refractivity contribution in [1.82, 2.24) is 0 Å². The van der Waals surface area contributed by atoms with E-state index in [0.29, 0.717) is 44.5 Å². The van der Waals surface area contributed by atoms with Crippen LogP contribution in [0.5, 0.6) is 23.0 Å². The zero-order valence-corrected chi connectivity index (χ0v) is 43.8. The number of aryl methyl sites for hydroxylation is 4. The summed E-state index contributed by atoms with van der Waals surface area (Å²) in [4.78, 5) is 55.0. The number of carbonyl (C=O) groups is 4. The summed E-state index contributed by atoms with van der Waals surface area (Å²) in [7, 11) is 0. The normalized spacial score (nSPS) is 12.4. The number of rotatable bonds is 16. The quantitative estimate of drug-likeness (QED) is 0.0616. The molecule has 0 aliphatic rings. The van der Waals surface area contributed by atoms with E-state index in [1.807, 2.05) is 135 Å². The summed E-state index contributed by atoms with van der Waals surface area (Å²) in [6, 6.07) is 13.4. The van der Waals surface area contributed by atoms with Crippen LogP contribution in [0, 0.1) is 33.1 Å². The van der Waals surface area contributed by atoms with Crippen LogP contribution in [0.2, 0.25) is 0 Å². The highest BCUT2D eigenvalue weighted by Gasteiger charge is 2.39. The number of phenolic OH excluding ortho intramolecular Hbond substituents is 4. The van der Waals surface area contributed by atoms with Crippen LogP contribution in [-0.4, -0.2) is 70.7 Å². The van der Waals surface area contributed by atoms with Crippen molar-refractivity contribution < 1.29 is 58.6 Å². The van der Waals surface area contributed by atoms with Crippen molar-refractivity contribution >= 4 is 23.9 Å². The molecule has 0 amide bonds. The Morgan fingerprint density at radius 2 is 0.522 bits per heavy atom. The van der Waals surface area contributed by atoms with Crippen LogP contribution < -0.4 is 0 Å². The highest BCUT2D eigenvalue weighted by molar-refractivity contribution is 5.76. The predicted octanol–water partition coefficient (Wildman–Crippen LogP) is 10.4. The summed E-state index contributed by atoms with van der Waals surface area (Å²) in [5.41, 5.74) is 4.82. The second-order valence-corrected chi connectivity index (χ2v) is 23.0. The molecule has 0 bridgehead atoms. The molecule has 0 spiro atoms. The molecule has 12 heteroatoms. The van der Waals surface area contributed by atoms with Gasteiger partial charge in [-0.1, -0.05) is 107 Å². The van der Waals surface area contributed by atoms with Crippen molar-refractivity contribution in [3.05, 3.63) is 115 Å². The van der Waals surface area contributed by atoms with Crippen LogP contribution in [0.25, 0.3) is 0 Å². The summed E-state index contributed by atoms with van der Waals surface area (Å²) >= 11 is 0. The van der Waals surface area contributed by atoms with Crippen LogP contribution in [0.4, 0.5) is 0 Å². The highest BCUT2D eigenvalue weighted by Crippen LogP contribution is 2.37. The van der Waals surface area contributed by atoms with Crippen molar-refractivity contribution in [3.63, 3.8) is 0 Å². The monoisotopic (exact) mass is 953 g/mol. The molecule has 0 unspecified atom stereocenters. The van der Waals surface area contributed by atoms with E-state index >= 15 is 0 Å². The fourth-order valence-corrected chi connectivity index (χ4v) is 8.13. The lowest BCUT2D eigenvalue weighted by Gasteiger charge is -2.32. The van der Waals surface area contributed by atoms with Crippen molar-refractivity contribution in [3.8, 4) is 23.0 Å². The maximum absolute atomic E-state index is 13.7. The Hall–Kier alpha value is -6.04. The number of hydrogen-bond donors (Lipinski definition) is 4. The third kappa shape index (κ3) is 15.0. The molecule has 0 fully saturated rings. The van der Waals surface area contributed by atoms with Gasteiger partial charge < -0.3 is 39.4 Å². The number of ether oxygens (including phenoxy) is 4. The third-order valence-corrected chi connectivity index (χ3v) is 12.5. The Morgan fingerprint density at radius 1 is 0.348 bits per heavy atom. The molecule has 0 saturated heterocycles. The van der Waals surface area contributed by atoms with E-state index in [9.17, 15) is 39.6 Å². The van der Waals surface area contributed by atoms with Gasteiger partial charge in [-0.25, -0.2) is 0 Å². The first-order chi connectivity index (χ1) is 31.6. The van der Waals surface area contributed by atoms with Crippen LogP contribution in [-0.2, 0) is 85.5 Å². The highest BCUT2D eigenvalue weighted by atomic mass is 16.6. The van der Waals surface area contributed by atoms with Crippen molar-refractivity contribution in [2.24, 2.45) is 5.41 Å². The topological polar surface area (TPSA) is 186 Å². The largest absolute Gasteiger partial charge is 0.508 e. The SMILES string of the molecule is Cc1cc(C(C)(C)C)c(O)cc1CC(=O)OCC(COC(=O)Cc1cc(O)c(C(C)(C)C)cc1C)(COC(=O)Cc1cc(O)c(C(C)(C)C)cc1C)COC(=O)Cc1cc(O)c(C(C)(C)C)cc1C. The number of phenols is 4. The van der Waals surface area contributed by atoms with Gasteiger partial charge in [-0.15, -0.1) is 0 Å². The van der Waals surface area contributed by atoms with Crippen LogP contribution in [0.1, 0.15) is 150 Å². The van der Waals surface area contributed by atoms with Gasteiger partial charge in [0.1, 0.15) is 54.8 Å². The zero-order valence-electron chi connectivity index (χ0n) is 43.8. The minimum absolute atomic E-state index is 0.0285. The fourth-order valence-electron chi connectivity index (χ4n) is 8.13. The van der Waals surface area contributed by atoms with Crippen LogP contribution in [0.3, 0.4) is 0 Å². The molecule has 4 aromatic rings. The van der Waals surface area contributed by atoms with Crippen molar-refractivity contribution in [2.75, 3.05) is 26.4 Å². The van der Waals surface area contributed by atoms with Gasteiger partial charge >= 0.3 is 23.9 Å². The lowest BCUT2D eigenvalue weighted by molar-refractivity contribution is -0.169. The molecule has 376 valence electrons. The molecule has 0 aliphatic carbocycles. The molecule has 4 aromatic carbocycles. The maximum atomic E-state index is 13.7. The van der Waals surface area contributed by atoms with Gasteiger partial charge in [0.25, 0.3) is 0 Å². The Balaban J connectivity index is 1.71. The van der Waals surface area contributed by atoms with Gasteiger partial charge in [0.05, 0.1) is 25.7 Å². The molecule has 0 saturated carbocycles. The molecule has 69 heavy (non-hydrogen) atoms. The first-order valence-corrected chi connectivity index (χ1v) is 23.5. The molecule has 12 nitrogen and oxygen atoms in total. The van der Waals surface area contributed by atoms with E-state index in [-0.39, 0.29) is 70.3 Å². The first-order valence-electron chi connectivity index (χ1n) is 23.5. The molecule has 0 heterocycles. The minimum Gasteiger partial charge on any atom is -0.508 e. The van der Waals surface area contributed by atoms with Crippen LogP contribution >= 0.6 is 0 Å². The number of carbonyl (C=O) groups excluding carboxylic acids is 4. The molecular formula is C57H76O12. The molecule has 0 radical (unpaired) electrons. The summed E-state index contributed by atoms with van der Waals surface area (Å²) in [5, 5.41) is 43.6. The van der Waals surface area contributed by atoms with E-state index in [2.05, 4.69) is 0 Å². The van der Waals surface area contributed by atoms with Gasteiger partial charge in [0.2, 0.25) is 0 Å². The number of aromatic hydroxyl groups is 4. The van der Waals surface area contributed by atoms with Gasteiger partial charge in [0, 0.05) is 0 Å². The number of hydrogen-bond acceptors (Lipinski definition) is 12. The number of esters is 4. The Morgan fingerprint density at radius 3 is 0.681 bits per heavy atom. The molecular weight excluding hydrogens is 877 g/mol. The minimum atomic E-state index is -1.66. The Labute approximate surface area is 409 Å². The second-order valence-electron chi connectivity index (χ2n) is 23.0.